The number of hydrogen-bond acceptors (Lipinski definition) is 2. The fourth-order valence-electron chi connectivity index (χ4n) is 5.47. The number of fused-ring (bicyclic) bond motifs is 3. The van der Waals surface area contributed by atoms with Gasteiger partial charge in [-0.1, -0.05) is 100 Å². The van der Waals surface area contributed by atoms with Crippen LogP contribution in [0.3, 0.4) is 0 Å². The number of benzene rings is 4. The highest BCUT2D eigenvalue weighted by Crippen LogP contribution is 2.42. The first kappa shape index (κ1) is 20.8. The van der Waals surface area contributed by atoms with Crippen molar-refractivity contribution in [2.45, 2.75) is 46.4 Å². The van der Waals surface area contributed by atoms with Gasteiger partial charge in [-0.25, -0.2) is 0 Å². The summed E-state index contributed by atoms with van der Waals surface area (Å²) in [6.07, 6.45) is 1.54. The lowest BCUT2D eigenvalue weighted by molar-refractivity contribution is 0.670. The second-order valence-electron chi connectivity index (χ2n) is 10.6. The summed E-state index contributed by atoms with van der Waals surface area (Å²) in [5.41, 5.74) is 9.58. The molecule has 2 nitrogen and oxygen atoms in total. The molecule has 6 aromatic rings. The van der Waals surface area contributed by atoms with E-state index in [1.54, 1.807) is 6.20 Å². The standard InChI is InChI=1S/C36H33NO/c1-22(2)30-18-26(25-12-7-6-8-13-25)19-31(23(3)4)35(30)32-20-33(37-21-24(32)5)29-16-11-15-28-27-14-9-10-17-34(27)38-36(28)29/h6-23H,1-5H3/i5D3. The van der Waals surface area contributed by atoms with Crippen molar-refractivity contribution >= 4 is 21.9 Å². The summed E-state index contributed by atoms with van der Waals surface area (Å²) in [6, 6.07) is 30.8. The lowest BCUT2D eigenvalue weighted by Crippen LogP contribution is -2.03. The highest BCUT2D eigenvalue weighted by Gasteiger charge is 2.21. The van der Waals surface area contributed by atoms with Crippen LogP contribution in [0.1, 0.15) is 60.3 Å². The van der Waals surface area contributed by atoms with Crippen molar-refractivity contribution in [3.05, 3.63) is 114 Å². The van der Waals surface area contributed by atoms with Crippen molar-refractivity contribution in [3.63, 3.8) is 0 Å². The van der Waals surface area contributed by atoms with Crippen LogP contribution in [0.25, 0.3) is 55.4 Å². The Bertz CT molecular complexity index is 1850. The minimum Gasteiger partial charge on any atom is -0.455 e. The molecule has 0 spiro atoms. The number of nitrogens with zero attached hydrogens (tertiary/aromatic N) is 1. The number of aryl methyl sites for hydroxylation is 1. The van der Waals surface area contributed by atoms with Crippen molar-refractivity contribution in [2.75, 3.05) is 0 Å². The van der Waals surface area contributed by atoms with Crippen LogP contribution in [0.15, 0.2) is 102 Å². The Morgan fingerprint density at radius 1 is 0.684 bits per heavy atom. The molecule has 6 rings (SSSR count). The Hall–Kier alpha value is -4.17. The summed E-state index contributed by atoms with van der Waals surface area (Å²) >= 11 is 0. The smallest absolute Gasteiger partial charge is 0.144 e. The SMILES string of the molecule is [2H]C([2H])([2H])c1cnc(-c2cccc3c2oc2ccccc23)cc1-c1c(C(C)C)cc(-c2ccccc2)cc1C(C)C. The van der Waals surface area contributed by atoms with Gasteiger partial charge < -0.3 is 4.42 Å². The highest BCUT2D eigenvalue weighted by molar-refractivity contribution is 6.09. The summed E-state index contributed by atoms with van der Waals surface area (Å²) in [4.78, 5) is 4.72. The molecule has 38 heavy (non-hydrogen) atoms. The van der Waals surface area contributed by atoms with Gasteiger partial charge in [-0.15, -0.1) is 0 Å². The summed E-state index contributed by atoms with van der Waals surface area (Å²) in [5.74, 6) is 0.345. The number of aromatic nitrogens is 1. The third kappa shape index (κ3) is 4.11. The third-order valence-corrected chi connectivity index (χ3v) is 7.40. The molecule has 2 aromatic heterocycles. The first-order chi connectivity index (χ1) is 19.6. The van der Waals surface area contributed by atoms with Crippen LogP contribution in [-0.2, 0) is 0 Å². The van der Waals surface area contributed by atoms with Crippen LogP contribution in [0, 0.1) is 6.85 Å². The molecule has 188 valence electrons. The quantitative estimate of drug-likeness (QED) is 0.236. The number of para-hydroxylation sites is 2. The van der Waals surface area contributed by atoms with E-state index in [9.17, 15) is 0 Å². The van der Waals surface area contributed by atoms with E-state index in [1.807, 2.05) is 54.6 Å². The van der Waals surface area contributed by atoms with Crippen LogP contribution in [0.5, 0.6) is 0 Å². The molecule has 4 aromatic carbocycles. The maximum Gasteiger partial charge on any atom is 0.144 e. The normalized spacial score (nSPS) is 13.3. The van der Waals surface area contributed by atoms with Crippen LogP contribution in [0.4, 0.5) is 0 Å². The van der Waals surface area contributed by atoms with Crippen LogP contribution < -0.4 is 0 Å². The Balaban J connectivity index is 1.66. The maximum absolute atomic E-state index is 8.45. The third-order valence-electron chi connectivity index (χ3n) is 7.40. The molecule has 0 radical (unpaired) electrons. The minimum absolute atomic E-state index is 0.172. The van der Waals surface area contributed by atoms with Crippen molar-refractivity contribution in [2.24, 2.45) is 0 Å². The van der Waals surface area contributed by atoms with Crippen molar-refractivity contribution in [3.8, 4) is 33.5 Å². The Labute approximate surface area is 229 Å². The Morgan fingerprint density at radius 2 is 1.37 bits per heavy atom. The molecular formula is C36H33NO. The van der Waals surface area contributed by atoms with E-state index < -0.39 is 6.85 Å². The first-order valence-electron chi connectivity index (χ1n) is 14.8. The second-order valence-corrected chi connectivity index (χ2v) is 10.6. The predicted molar refractivity (Wildman–Crippen MR) is 161 cm³/mol. The highest BCUT2D eigenvalue weighted by atomic mass is 16.3. The molecule has 2 heteroatoms. The minimum atomic E-state index is -2.33. The molecule has 0 fully saturated rings. The molecule has 0 atom stereocenters. The fraction of sp³-hybridized carbons (Fsp3) is 0.194. The van der Waals surface area contributed by atoms with Crippen LogP contribution in [-0.4, -0.2) is 4.98 Å². The molecular weight excluding hydrogens is 462 g/mol. The van der Waals surface area contributed by atoms with Crippen molar-refractivity contribution in [1.82, 2.24) is 4.98 Å². The Morgan fingerprint density at radius 3 is 2.08 bits per heavy atom. The monoisotopic (exact) mass is 498 g/mol. The van der Waals surface area contributed by atoms with E-state index in [1.165, 1.54) is 0 Å². The van der Waals surface area contributed by atoms with E-state index in [2.05, 4.69) is 64.1 Å². The number of furan rings is 1. The van der Waals surface area contributed by atoms with Gasteiger partial charge in [0.1, 0.15) is 11.2 Å². The zero-order valence-corrected chi connectivity index (χ0v) is 22.2. The van der Waals surface area contributed by atoms with Gasteiger partial charge >= 0.3 is 0 Å². The van der Waals surface area contributed by atoms with Gasteiger partial charge in [0.2, 0.25) is 0 Å². The molecule has 0 bridgehead atoms. The van der Waals surface area contributed by atoms with E-state index in [0.717, 1.165) is 55.3 Å². The lowest BCUT2D eigenvalue weighted by Gasteiger charge is -2.23. The molecule has 0 aliphatic rings. The summed E-state index contributed by atoms with van der Waals surface area (Å²) in [7, 11) is 0. The average Bonchev–Trinajstić information content (AvgIpc) is 3.35. The summed E-state index contributed by atoms with van der Waals surface area (Å²) in [5, 5.41) is 2.06. The maximum atomic E-state index is 8.45. The molecule has 0 aliphatic heterocycles. The van der Waals surface area contributed by atoms with Gasteiger partial charge in [0.05, 0.1) is 5.69 Å². The molecule has 0 aliphatic carbocycles. The summed E-state index contributed by atoms with van der Waals surface area (Å²) < 4.78 is 31.7. The van der Waals surface area contributed by atoms with Gasteiger partial charge in [-0.05, 0) is 75.8 Å². The van der Waals surface area contributed by atoms with Gasteiger partial charge in [0.15, 0.2) is 0 Å². The number of rotatable bonds is 5. The van der Waals surface area contributed by atoms with Crippen molar-refractivity contribution in [1.29, 1.82) is 0 Å². The molecule has 0 unspecified atom stereocenters. The van der Waals surface area contributed by atoms with E-state index >= 15 is 0 Å². The van der Waals surface area contributed by atoms with E-state index in [0.29, 0.717) is 11.3 Å². The van der Waals surface area contributed by atoms with Gasteiger partial charge in [0, 0.05) is 26.6 Å². The fourth-order valence-corrected chi connectivity index (χ4v) is 5.47. The molecule has 0 saturated carbocycles. The van der Waals surface area contributed by atoms with Crippen LogP contribution >= 0.6 is 0 Å². The molecule has 2 heterocycles. The molecule has 0 saturated heterocycles. The Kier molecular flexibility index (Phi) is 5.27. The average molecular weight is 499 g/mol. The zero-order valence-electron chi connectivity index (χ0n) is 25.2. The van der Waals surface area contributed by atoms with Crippen LogP contribution in [0.2, 0.25) is 0 Å². The predicted octanol–water partition coefficient (Wildman–Crippen LogP) is 10.5. The zero-order chi connectivity index (χ0) is 28.9. The number of pyridine rings is 1. The van der Waals surface area contributed by atoms with Gasteiger partial charge in [0.25, 0.3) is 0 Å². The lowest BCUT2D eigenvalue weighted by atomic mass is 9.81. The van der Waals surface area contributed by atoms with Gasteiger partial charge in [-0.3, -0.25) is 4.98 Å². The largest absolute Gasteiger partial charge is 0.455 e. The van der Waals surface area contributed by atoms with E-state index in [-0.39, 0.29) is 17.4 Å². The van der Waals surface area contributed by atoms with Crippen molar-refractivity contribution < 1.29 is 8.53 Å². The summed E-state index contributed by atoms with van der Waals surface area (Å²) in [6.45, 7) is 6.36. The second kappa shape index (κ2) is 9.61. The van der Waals surface area contributed by atoms with E-state index in [4.69, 9.17) is 13.5 Å². The molecule has 0 N–H and O–H groups in total. The molecule has 0 amide bonds. The first-order valence-corrected chi connectivity index (χ1v) is 13.3. The van der Waals surface area contributed by atoms with Gasteiger partial charge in [-0.2, -0.15) is 0 Å². The topological polar surface area (TPSA) is 26.0 Å². The number of hydrogen-bond donors (Lipinski definition) is 0.